The molecule has 2 heterocycles. The normalized spacial score (nSPS) is 11.8. The molecule has 2 rings (SSSR count). The van der Waals surface area contributed by atoms with Crippen LogP contribution in [0.3, 0.4) is 0 Å². The quantitative estimate of drug-likeness (QED) is 0.782. The molecule has 0 fully saturated rings. The first kappa shape index (κ1) is 13.0. The minimum Gasteiger partial charge on any atom is -0.216 e. The van der Waals surface area contributed by atoms with Crippen molar-refractivity contribution in [3.63, 3.8) is 0 Å². The molecule has 0 aliphatic rings. The van der Waals surface area contributed by atoms with Crippen molar-refractivity contribution >= 4 is 19.7 Å². The molecule has 0 N–H and O–H groups in total. The average Bonchev–Trinajstić information content (AvgIpc) is 2.57. The topological polar surface area (TPSA) is 77.7 Å². The zero-order valence-corrected chi connectivity index (χ0v) is 11.6. The zero-order chi connectivity index (χ0) is 13.5. The predicted molar refractivity (Wildman–Crippen MR) is 66.4 cm³/mol. The molecule has 2 aromatic heterocycles. The van der Waals surface area contributed by atoms with Crippen LogP contribution in [0, 0.1) is 20.8 Å². The Bertz CT molecular complexity index is 688. The van der Waals surface area contributed by atoms with Crippen LogP contribution in [-0.2, 0) is 9.05 Å². The number of hydrogen-bond acceptors (Lipinski definition) is 5. The van der Waals surface area contributed by atoms with Gasteiger partial charge >= 0.3 is 0 Å². The molecule has 2 aromatic rings. The van der Waals surface area contributed by atoms with E-state index in [1.165, 1.54) is 10.9 Å². The lowest BCUT2D eigenvalue weighted by molar-refractivity contribution is 0.609. The van der Waals surface area contributed by atoms with E-state index in [9.17, 15) is 8.42 Å². The van der Waals surface area contributed by atoms with Crippen molar-refractivity contribution in [1.29, 1.82) is 0 Å². The van der Waals surface area contributed by atoms with Crippen LogP contribution in [0.4, 0.5) is 0 Å². The standard InChI is InChI=1S/C10H11ClN4O2S/c1-6-4-7(2)14-10(13-6)15-8(3)9(5-12-15)18(11,16)17/h4-5H,1-3H3. The molecule has 0 aromatic carbocycles. The zero-order valence-electron chi connectivity index (χ0n) is 10.0. The number of nitrogens with zero attached hydrogens (tertiary/aromatic N) is 4. The minimum atomic E-state index is -3.81. The molecule has 96 valence electrons. The van der Waals surface area contributed by atoms with Gasteiger partial charge in [0.25, 0.3) is 15.0 Å². The Balaban J connectivity index is 2.63. The van der Waals surface area contributed by atoms with E-state index in [0.29, 0.717) is 11.6 Å². The first-order chi connectivity index (χ1) is 8.29. The highest BCUT2D eigenvalue weighted by Gasteiger charge is 2.19. The van der Waals surface area contributed by atoms with Gasteiger partial charge in [0.05, 0.1) is 11.9 Å². The van der Waals surface area contributed by atoms with Gasteiger partial charge < -0.3 is 0 Å². The second-order valence-corrected chi connectivity index (χ2v) is 6.43. The van der Waals surface area contributed by atoms with Crippen LogP contribution in [-0.4, -0.2) is 28.2 Å². The first-order valence-corrected chi connectivity index (χ1v) is 7.42. The Morgan fingerprint density at radius 3 is 2.17 bits per heavy atom. The molecule has 0 radical (unpaired) electrons. The van der Waals surface area contributed by atoms with E-state index in [-0.39, 0.29) is 4.90 Å². The lowest BCUT2D eigenvalue weighted by Gasteiger charge is -2.05. The monoisotopic (exact) mass is 286 g/mol. The Morgan fingerprint density at radius 1 is 1.17 bits per heavy atom. The van der Waals surface area contributed by atoms with Gasteiger partial charge in [0.2, 0.25) is 0 Å². The number of rotatable bonds is 2. The summed E-state index contributed by atoms with van der Waals surface area (Å²) in [6, 6.07) is 1.82. The average molecular weight is 287 g/mol. The largest absolute Gasteiger partial charge is 0.264 e. The molecule has 0 amide bonds. The molecule has 6 nitrogen and oxygen atoms in total. The Hall–Kier alpha value is -1.47. The highest BCUT2D eigenvalue weighted by molar-refractivity contribution is 8.13. The molecule has 0 saturated heterocycles. The van der Waals surface area contributed by atoms with Gasteiger partial charge in [-0.25, -0.2) is 23.1 Å². The molecule has 8 heteroatoms. The van der Waals surface area contributed by atoms with E-state index in [4.69, 9.17) is 10.7 Å². The van der Waals surface area contributed by atoms with E-state index >= 15 is 0 Å². The van der Waals surface area contributed by atoms with Gasteiger partial charge in [-0.1, -0.05) is 0 Å². The molecule has 0 bridgehead atoms. The van der Waals surface area contributed by atoms with Crippen molar-refractivity contribution in [3.8, 4) is 5.95 Å². The van der Waals surface area contributed by atoms with Crippen LogP contribution in [0.2, 0.25) is 0 Å². The molecule has 0 unspecified atom stereocenters. The second-order valence-electron chi connectivity index (χ2n) is 3.89. The van der Waals surface area contributed by atoms with E-state index < -0.39 is 9.05 Å². The maximum Gasteiger partial charge on any atom is 0.264 e. The maximum atomic E-state index is 11.3. The predicted octanol–water partition coefficient (Wildman–Crippen LogP) is 1.52. The third-order valence-electron chi connectivity index (χ3n) is 2.39. The first-order valence-electron chi connectivity index (χ1n) is 5.11. The molecular formula is C10H11ClN4O2S. The Labute approximate surface area is 109 Å². The molecule has 18 heavy (non-hydrogen) atoms. The summed E-state index contributed by atoms with van der Waals surface area (Å²) >= 11 is 0. The highest BCUT2D eigenvalue weighted by atomic mass is 35.7. The van der Waals surface area contributed by atoms with Gasteiger partial charge in [0.15, 0.2) is 0 Å². The summed E-state index contributed by atoms with van der Waals surface area (Å²) in [5, 5.41) is 3.96. The van der Waals surface area contributed by atoms with Gasteiger partial charge in [-0.05, 0) is 26.8 Å². The van der Waals surface area contributed by atoms with Crippen LogP contribution in [0.15, 0.2) is 17.2 Å². The highest BCUT2D eigenvalue weighted by Crippen LogP contribution is 2.20. The Morgan fingerprint density at radius 2 is 1.72 bits per heavy atom. The molecule has 0 atom stereocenters. The van der Waals surface area contributed by atoms with Crippen LogP contribution < -0.4 is 0 Å². The molecule has 0 spiro atoms. The number of halogens is 1. The lowest BCUT2D eigenvalue weighted by Crippen LogP contribution is -2.07. The fraction of sp³-hybridized carbons (Fsp3) is 0.300. The SMILES string of the molecule is Cc1cc(C)nc(-n2ncc(S(=O)(=O)Cl)c2C)n1. The van der Waals surface area contributed by atoms with E-state index in [1.54, 1.807) is 6.92 Å². The van der Waals surface area contributed by atoms with Crippen molar-refractivity contribution in [3.05, 3.63) is 29.3 Å². The summed E-state index contributed by atoms with van der Waals surface area (Å²) in [7, 11) is 1.50. The second kappa shape index (κ2) is 4.33. The fourth-order valence-electron chi connectivity index (χ4n) is 1.64. The van der Waals surface area contributed by atoms with E-state index in [0.717, 1.165) is 11.4 Å². The van der Waals surface area contributed by atoms with E-state index in [1.807, 2.05) is 19.9 Å². The van der Waals surface area contributed by atoms with Crippen molar-refractivity contribution in [1.82, 2.24) is 19.7 Å². The summed E-state index contributed by atoms with van der Waals surface area (Å²) in [6.45, 7) is 5.26. The number of aromatic nitrogens is 4. The van der Waals surface area contributed by atoms with Gasteiger partial charge in [-0.2, -0.15) is 5.10 Å². The van der Waals surface area contributed by atoms with Gasteiger partial charge in [-0.15, -0.1) is 0 Å². The third kappa shape index (κ3) is 2.37. The lowest BCUT2D eigenvalue weighted by atomic mass is 10.3. The summed E-state index contributed by atoms with van der Waals surface area (Å²) < 4.78 is 24.0. The maximum absolute atomic E-state index is 11.3. The van der Waals surface area contributed by atoms with Crippen LogP contribution in [0.5, 0.6) is 0 Å². The number of hydrogen-bond donors (Lipinski definition) is 0. The fourth-order valence-corrected chi connectivity index (χ4v) is 2.70. The minimum absolute atomic E-state index is 0.0353. The third-order valence-corrected chi connectivity index (χ3v) is 3.81. The van der Waals surface area contributed by atoms with Crippen LogP contribution >= 0.6 is 10.7 Å². The Kier molecular flexibility index (Phi) is 3.12. The number of aryl methyl sites for hydroxylation is 2. The van der Waals surface area contributed by atoms with E-state index in [2.05, 4.69) is 15.1 Å². The van der Waals surface area contributed by atoms with Gasteiger partial charge in [0.1, 0.15) is 4.90 Å². The molecule has 0 aliphatic heterocycles. The van der Waals surface area contributed by atoms with Gasteiger partial charge in [-0.3, -0.25) is 0 Å². The van der Waals surface area contributed by atoms with Crippen molar-refractivity contribution in [2.45, 2.75) is 25.7 Å². The van der Waals surface area contributed by atoms with Crippen molar-refractivity contribution in [2.75, 3.05) is 0 Å². The smallest absolute Gasteiger partial charge is 0.216 e. The molecule has 0 saturated carbocycles. The van der Waals surface area contributed by atoms with Crippen molar-refractivity contribution in [2.24, 2.45) is 0 Å². The van der Waals surface area contributed by atoms with Crippen LogP contribution in [0.1, 0.15) is 17.1 Å². The summed E-state index contributed by atoms with van der Waals surface area (Å²) in [5.41, 5.74) is 1.94. The summed E-state index contributed by atoms with van der Waals surface area (Å²) in [5.74, 6) is 0.330. The molecule has 0 aliphatic carbocycles. The van der Waals surface area contributed by atoms with Crippen LogP contribution in [0.25, 0.3) is 5.95 Å². The molecular weight excluding hydrogens is 276 g/mol. The van der Waals surface area contributed by atoms with Gasteiger partial charge in [0, 0.05) is 22.1 Å². The summed E-state index contributed by atoms with van der Waals surface area (Å²) in [4.78, 5) is 8.39. The summed E-state index contributed by atoms with van der Waals surface area (Å²) in [6.07, 6.45) is 1.19. The van der Waals surface area contributed by atoms with Crippen molar-refractivity contribution < 1.29 is 8.42 Å².